The van der Waals surface area contributed by atoms with Crippen LogP contribution >= 0.6 is 0 Å². The van der Waals surface area contributed by atoms with Gasteiger partial charge in [-0.2, -0.15) is 0 Å². The summed E-state index contributed by atoms with van der Waals surface area (Å²) in [5.74, 6) is -0.0301. The first-order valence-electron chi connectivity index (χ1n) is 9.68. The third kappa shape index (κ3) is 2.99. The van der Waals surface area contributed by atoms with Crippen molar-refractivity contribution in [2.75, 3.05) is 26.2 Å². The van der Waals surface area contributed by atoms with Gasteiger partial charge < -0.3 is 10.4 Å². The molecule has 5 heteroatoms. The van der Waals surface area contributed by atoms with Crippen LogP contribution in [0.2, 0.25) is 0 Å². The molecule has 0 saturated heterocycles. The highest BCUT2D eigenvalue weighted by molar-refractivity contribution is 6.07. The number of aliphatic hydroxyl groups is 1. The molecule has 2 aliphatic rings. The van der Waals surface area contributed by atoms with Gasteiger partial charge in [-0.1, -0.05) is 31.5 Å². The molecule has 26 heavy (non-hydrogen) atoms. The molecule has 1 saturated carbocycles. The van der Waals surface area contributed by atoms with Crippen LogP contribution in [0.4, 0.5) is 0 Å². The van der Waals surface area contributed by atoms with Crippen LogP contribution in [-0.4, -0.2) is 47.1 Å². The average Bonchev–Trinajstić information content (AvgIpc) is 2.65. The fourth-order valence-electron chi connectivity index (χ4n) is 4.20. The third-order valence-electron chi connectivity index (χ3n) is 6.17. The molecule has 0 atom stereocenters. The molecule has 1 fully saturated rings. The van der Waals surface area contributed by atoms with Crippen molar-refractivity contribution in [3.8, 4) is 0 Å². The molecule has 1 aromatic heterocycles. The number of fused-ring (bicyclic) bond motifs is 2. The summed E-state index contributed by atoms with van der Waals surface area (Å²) >= 11 is 0. The van der Waals surface area contributed by atoms with Crippen LogP contribution in [0.1, 0.15) is 47.8 Å². The average molecular weight is 353 g/mol. The first-order valence-corrected chi connectivity index (χ1v) is 9.68. The van der Waals surface area contributed by atoms with E-state index in [4.69, 9.17) is 4.98 Å². The number of amides is 1. The SMILES string of the molecule is CCN1CCc2nc3ccccc3c(C(=O)NCC3(CO)CCC3)c2C1. The Bertz CT molecular complexity index is 824. The van der Waals surface area contributed by atoms with Gasteiger partial charge >= 0.3 is 0 Å². The lowest BCUT2D eigenvalue weighted by molar-refractivity contribution is 0.0429. The fraction of sp³-hybridized carbons (Fsp3) is 0.524. The summed E-state index contributed by atoms with van der Waals surface area (Å²) in [4.78, 5) is 20.4. The zero-order chi connectivity index (χ0) is 18.1. The summed E-state index contributed by atoms with van der Waals surface area (Å²) in [6, 6.07) is 7.92. The maximum atomic E-state index is 13.2. The number of carbonyl (C=O) groups excluding carboxylic acids is 1. The Kier molecular flexibility index (Phi) is 4.67. The maximum Gasteiger partial charge on any atom is 0.252 e. The predicted octanol–water partition coefficient (Wildman–Crippen LogP) is 2.51. The summed E-state index contributed by atoms with van der Waals surface area (Å²) in [5, 5.41) is 13.7. The summed E-state index contributed by atoms with van der Waals surface area (Å²) in [6.45, 7) is 5.58. The number of para-hydroxylation sites is 1. The van der Waals surface area contributed by atoms with E-state index in [1.807, 2.05) is 24.3 Å². The number of aliphatic hydroxyl groups excluding tert-OH is 1. The van der Waals surface area contributed by atoms with Gasteiger partial charge in [-0.05, 0) is 25.5 Å². The van der Waals surface area contributed by atoms with E-state index in [-0.39, 0.29) is 17.9 Å². The van der Waals surface area contributed by atoms with Gasteiger partial charge in [-0.15, -0.1) is 0 Å². The first-order chi connectivity index (χ1) is 12.7. The largest absolute Gasteiger partial charge is 0.396 e. The van der Waals surface area contributed by atoms with Crippen LogP contribution in [0.3, 0.4) is 0 Å². The number of carbonyl (C=O) groups is 1. The maximum absolute atomic E-state index is 13.2. The molecule has 2 heterocycles. The van der Waals surface area contributed by atoms with Crippen molar-refractivity contribution < 1.29 is 9.90 Å². The molecule has 1 amide bonds. The second kappa shape index (κ2) is 6.97. The molecular formula is C21H27N3O2. The highest BCUT2D eigenvalue weighted by atomic mass is 16.3. The van der Waals surface area contributed by atoms with E-state index in [0.717, 1.165) is 73.0 Å². The van der Waals surface area contributed by atoms with E-state index in [9.17, 15) is 9.90 Å². The first kappa shape index (κ1) is 17.4. The molecular weight excluding hydrogens is 326 g/mol. The molecule has 0 unspecified atom stereocenters. The number of hydrogen-bond donors (Lipinski definition) is 2. The lowest BCUT2D eigenvalue weighted by atomic mass is 9.69. The zero-order valence-corrected chi connectivity index (χ0v) is 15.4. The van der Waals surface area contributed by atoms with Gasteiger partial charge in [0.05, 0.1) is 17.7 Å². The van der Waals surface area contributed by atoms with Crippen molar-refractivity contribution in [3.05, 3.63) is 41.1 Å². The number of nitrogens with zero attached hydrogens (tertiary/aromatic N) is 2. The molecule has 138 valence electrons. The number of likely N-dealkylation sites (N-methyl/N-ethyl adjacent to an activating group) is 1. The lowest BCUT2D eigenvalue weighted by Crippen LogP contribution is -2.45. The highest BCUT2D eigenvalue weighted by Crippen LogP contribution is 2.39. The summed E-state index contributed by atoms with van der Waals surface area (Å²) in [6.07, 6.45) is 4.00. The standard InChI is InChI=1S/C21H27N3O2/c1-2-24-11-8-18-16(12-24)19(15-6-3-4-7-17(15)23-18)20(26)22-13-21(14-25)9-5-10-21/h3-4,6-7,25H,2,5,8-14H2,1H3,(H,22,26). The molecule has 0 bridgehead atoms. The molecule has 0 radical (unpaired) electrons. The molecule has 1 aliphatic carbocycles. The molecule has 2 aromatic rings. The normalized spacial score (nSPS) is 19.0. The Labute approximate surface area is 154 Å². The van der Waals surface area contributed by atoms with Gasteiger partial charge in [0.1, 0.15) is 0 Å². The van der Waals surface area contributed by atoms with Crippen LogP contribution in [0.25, 0.3) is 10.9 Å². The number of rotatable bonds is 5. The number of pyridine rings is 1. The summed E-state index contributed by atoms with van der Waals surface area (Å²) in [7, 11) is 0. The van der Waals surface area contributed by atoms with Crippen molar-refractivity contribution in [3.63, 3.8) is 0 Å². The number of nitrogens with one attached hydrogen (secondary N) is 1. The van der Waals surface area contributed by atoms with E-state index in [1.54, 1.807) is 0 Å². The van der Waals surface area contributed by atoms with Crippen molar-refractivity contribution in [2.24, 2.45) is 5.41 Å². The monoisotopic (exact) mass is 353 g/mol. The van der Waals surface area contributed by atoms with Crippen molar-refractivity contribution >= 4 is 16.8 Å². The van der Waals surface area contributed by atoms with Crippen molar-refractivity contribution in [2.45, 2.75) is 39.2 Å². The van der Waals surface area contributed by atoms with Gasteiger partial charge in [0, 0.05) is 48.1 Å². The summed E-state index contributed by atoms with van der Waals surface area (Å²) < 4.78 is 0. The van der Waals surface area contributed by atoms with E-state index >= 15 is 0 Å². The molecule has 4 rings (SSSR count). The van der Waals surface area contributed by atoms with Crippen LogP contribution < -0.4 is 5.32 Å². The second-order valence-corrected chi connectivity index (χ2v) is 7.74. The van der Waals surface area contributed by atoms with Crippen LogP contribution in [0.5, 0.6) is 0 Å². The minimum Gasteiger partial charge on any atom is -0.396 e. The van der Waals surface area contributed by atoms with E-state index in [1.165, 1.54) is 0 Å². The number of aromatic nitrogens is 1. The lowest BCUT2D eigenvalue weighted by Gasteiger charge is -2.40. The third-order valence-corrected chi connectivity index (χ3v) is 6.17. The molecule has 2 N–H and O–H groups in total. The zero-order valence-electron chi connectivity index (χ0n) is 15.4. The van der Waals surface area contributed by atoms with E-state index in [0.29, 0.717) is 6.54 Å². The fourth-order valence-corrected chi connectivity index (χ4v) is 4.20. The van der Waals surface area contributed by atoms with Crippen LogP contribution in [-0.2, 0) is 13.0 Å². The topological polar surface area (TPSA) is 65.5 Å². The highest BCUT2D eigenvalue weighted by Gasteiger charge is 2.37. The number of hydrogen-bond acceptors (Lipinski definition) is 4. The van der Waals surface area contributed by atoms with Gasteiger partial charge in [-0.25, -0.2) is 0 Å². The Balaban J connectivity index is 1.71. The van der Waals surface area contributed by atoms with Crippen LogP contribution in [0.15, 0.2) is 24.3 Å². The second-order valence-electron chi connectivity index (χ2n) is 7.74. The smallest absolute Gasteiger partial charge is 0.252 e. The van der Waals surface area contributed by atoms with Gasteiger partial charge in [-0.3, -0.25) is 14.7 Å². The number of benzene rings is 1. The van der Waals surface area contributed by atoms with Crippen molar-refractivity contribution in [1.82, 2.24) is 15.2 Å². The van der Waals surface area contributed by atoms with E-state index in [2.05, 4.69) is 17.1 Å². The minimum atomic E-state index is -0.117. The quantitative estimate of drug-likeness (QED) is 0.867. The van der Waals surface area contributed by atoms with Gasteiger partial charge in [0.15, 0.2) is 0 Å². The van der Waals surface area contributed by atoms with Crippen LogP contribution in [0, 0.1) is 5.41 Å². The Morgan fingerprint density at radius 3 is 2.85 bits per heavy atom. The Morgan fingerprint density at radius 2 is 2.15 bits per heavy atom. The molecule has 1 aliphatic heterocycles. The molecule has 5 nitrogen and oxygen atoms in total. The van der Waals surface area contributed by atoms with Gasteiger partial charge in [0.2, 0.25) is 0 Å². The Morgan fingerprint density at radius 1 is 1.35 bits per heavy atom. The molecule has 1 aromatic carbocycles. The van der Waals surface area contributed by atoms with Gasteiger partial charge in [0.25, 0.3) is 5.91 Å². The van der Waals surface area contributed by atoms with Crippen molar-refractivity contribution in [1.29, 1.82) is 0 Å². The predicted molar refractivity (Wildman–Crippen MR) is 102 cm³/mol. The minimum absolute atomic E-state index is 0.0301. The summed E-state index contributed by atoms with van der Waals surface area (Å²) in [5.41, 5.74) is 3.67. The molecule has 0 spiro atoms. The van der Waals surface area contributed by atoms with E-state index < -0.39 is 0 Å². The Hall–Kier alpha value is -1.98.